The molecule has 3 aliphatic rings. The topological polar surface area (TPSA) is 16.1 Å². The minimum Gasteiger partial charge on any atom is -0.374 e. The third-order valence-corrected chi connectivity index (χ3v) is 4.66. The Bertz CT molecular complexity index is 455. The van der Waals surface area contributed by atoms with Crippen molar-refractivity contribution >= 4 is 58.4 Å². The zero-order valence-electron chi connectivity index (χ0n) is 10.3. The molecule has 1 atom stereocenters. The Kier molecular flexibility index (Phi) is 6.44. The first-order valence-corrected chi connectivity index (χ1v) is 7.18. The first kappa shape index (κ1) is 17.1. The van der Waals surface area contributed by atoms with Crippen LogP contribution in [-0.2, 0) is 0 Å². The van der Waals surface area contributed by atoms with Crippen LogP contribution in [0.4, 0.5) is 0 Å². The smallest absolute Gasteiger partial charge is 0.0763 e. The van der Waals surface area contributed by atoms with Gasteiger partial charge in [0.1, 0.15) is 0 Å². The van der Waals surface area contributed by atoms with Gasteiger partial charge in [-0.25, -0.2) is 0 Å². The maximum Gasteiger partial charge on any atom is 0.0763 e. The summed E-state index contributed by atoms with van der Waals surface area (Å²) in [5.41, 5.74) is 2.39. The zero-order valence-corrected chi connectivity index (χ0v) is 14.2. The van der Waals surface area contributed by atoms with E-state index in [1.807, 2.05) is 6.20 Å². The van der Waals surface area contributed by atoms with Crippen molar-refractivity contribution in [1.29, 1.82) is 0 Å². The fourth-order valence-electron chi connectivity index (χ4n) is 2.72. The molecule has 0 amide bonds. The fraction of sp³-hybridized carbons (Fsp3) is 0.462. The van der Waals surface area contributed by atoms with Crippen LogP contribution >= 0.6 is 52.3 Å². The first-order chi connectivity index (χ1) is 8.24. The molecule has 4 heterocycles. The van der Waals surface area contributed by atoms with Crippen LogP contribution in [0, 0.1) is 5.92 Å². The molecular weight excluding hydrogens is 370 g/mol. The number of hydrogen-bond donors (Lipinski definition) is 0. The lowest BCUT2D eigenvalue weighted by molar-refractivity contribution is 0.166. The van der Waals surface area contributed by atoms with E-state index in [1.165, 1.54) is 18.5 Å². The van der Waals surface area contributed by atoms with Crippen molar-refractivity contribution in [3.8, 4) is 0 Å². The lowest BCUT2D eigenvalue weighted by Crippen LogP contribution is -2.46. The van der Waals surface area contributed by atoms with Gasteiger partial charge >= 0.3 is 0 Å². The monoisotopic (exact) mass is 384 g/mol. The Morgan fingerprint density at radius 3 is 2.53 bits per heavy atom. The first-order valence-electron chi connectivity index (χ1n) is 5.95. The Hall–Kier alpha value is 0.0400. The second-order valence-electron chi connectivity index (χ2n) is 4.73. The number of piperidine rings is 3. The summed E-state index contributed by atoms with van der Waals surface area (Å²) in [6, 6.07) is 2.08. The van der Waals surface area contributed by atoms with E-state index in [2.05, 4.69) is 38.0 Å². The summed E-state index contributed by atoms with van der Waals surface area (Å²) < 4.78 is 1.01. The molecule has 1 unspecified atom stereocenters. The minimum absolute atomic E-state index is 0. The van der Waals surface area contributed by atoms with Gasteiger partial charge < -0.3 is 4.90 Å². The standard InChI is InChI=1S/C13H14BrClN2.2ClH/c14-11-5-9(7-16-8-11)6-12-13(15)10-1-3-17(12)4-2-10;;/h5-8,10,13H,1-4H2;2*1H. The van der Waals surface area contributed by atoms with Gasteiger partial charge in [0.2, 0.25) is 0 Å². The average molecular weight is 387 g/mol. The third-order valence-electron chi connectivity index (χ3n) is 3.64. The minimum atomic E-state index is 0. The number of pyridine rings is 1. The normalized spacial score (nSPS) is 26.8. The van der Waals surface area contributed by atoms with Crippen LogP contribution in [0.3, 0.4) is 0 Å². The third kappa shape index (κ3) is 3.57. The molecule has 0 radical (unpaired) electrons. The van der Waals surface area contributed by atoms with Gasteiger partial charge in [0.15, 0.2) is 0 Å². The number of nitrogens with zero attached hydrogens (tertiary/aromatic N) is 2. The van der Waals surface area contributed by atoms with E-state index in [-0.39, 0.29) is 30.2 Å². The Labute approximate surface area is 139 Å². The van der Waals surface area contributed by atoms with E-state index >= 15 is 0 Å². The second-order valence-corrected chi connectivity index (χ2v) is 6.12. The van der Waals surface area contributed by atoms with Crippen molar-refractivity contribution in [2.24, 2.45) is 5.92 Å². The molecule has 6 heteroatoms. The summed E-state index contributed by atoms with van der Waals surface area (Å²) in [6.45, 7) is 2.31. The van der Waals surface area contributed by atoms with Crippen molar-refractivity contribution in [3.05, 3.63) is 34.2 Å². The highest BCUT2D eigenvalue weighted by molar-refractivity contribution is 9.10. The molecule has 1 aromatic rings. The van der Waals surface area contributed by atoms with Crippen molar-refractivity contribution < 1.29 is 0 Å². The van der Waals surface area contributed by atoms with Crippen LogP contribution in [0.25, 0.3) is 6.08 Å². The van der Waals surface area contributed by atoms with Crippen LogP contribution in [-0.4, -0.2) is 28.4 Å². The van der Waals surface area contributed by atoms with E-state index in [1.54, 1.807) is 6.20 Å². The molecule has 0 spiro atoms. The number of hydrogen-bond acceptors (Lipinski definition) is 2. The van der Waals surface area contributed by atoms with Crippen LogP contribution in [0.2, 0.25) is 0 Å². The quantitative estimate of drug-likeness (QED) is 0.667. The average Bonchev–Trinajstić information content (AvgIpc) is 2.34. The maximum absolute atomic E-state index is 6.53. The van der Waals surface area contributed by atoms with Crippen molar-refractivity contribution in [3.63, 3.8) is 0 Å². The molecule has 2 bridgehead atoms. The maximum atomic E-state index is 6.53. The summed E-state index contributed by atoms with van der Waals surface area (Å²) >= 11 is 9.97. The molecule has 1 aromatic heterocycles. The van der Waals surface area contributed by atoms with E-state index in [4.69, 9.17) is 11.6 Å². The molecule has 0 N–H and O–H groups in total. The number of halogens is 4. The summed E-state index contributed by atoms with van der Waals surface area (Å²) in [5.74, 6) is 0.660. The second kappa shape index (κ2) is 7.16. The number of fused-ring (bicyclic) bond motifs is 3. The molecule has 3 saturated heterocycles. The van der Waals surface area contributed by atoms with Gasteiger partial charge in [-0.3, -0.25) is 4.98 Å². The Balaban J connectivity index is 0.000000902. The molecule has 3 aliphatic heterocycles. The number of aromatic nitrogens is 1. The summed E-state index contributed by atoms with van der Waals surface area (Å²) in [4.78, 5) is 6.60. The number of rotatable bonds is 1. The lowest BCUT2D eigenvalue weighted by atomic mass is 9.85. The van der Waals surface area contributed by atoms with E-state index in [0.29, 0.717) is 5.92 Å². The van der Waals surface area contributed by atoms with Gasteiger partial charge in [-0.1, -0.05) is 0 Å². The molecule has 4 rings (SSSR count). The molecule has 0 aromatic carbocycles. The molecule has 0 saturated carbocycles. The molecule has 19 heavy (non-hydrogen) atoms. The zero-order chi connectivity index (χ0) is 11.8. The Morgan fingerprint density at radius 1 is 1.26 bits per heavy atom. The molecule has 106 valence electrons. The largest absolute Gasteiger partial charge is 0.374 e. The molecule has 3 fully saturated rings. The van der Waals surface area contributed by atoms with Gasteiger partial charge in [0.05, 0.1) is 5.38 Å². The highest BCUT2D eigenvalue weighted by Crippen LogP contribution is 2.38. The van der Waals surface area contributed by atoms with Gasteiger partial charge in [-0.05, 0) is 52.4 Å². The van der Waals surface area contributed by atoms with Crippen LogP contribution in [0.15, 0.2) is 28.6 Å². The summed E-state index contributed by atoms with van der Waals surface area (Å²) in [7, 11) is 0. The van der Waals surface area contributed by atoms with Crippen molar-refractivity contribution in [2.75, 3.05) is 13.1 Å². The van der Waals surface area contributed by atoms with Crippen LogP contribution < -0.4 is 0 Å². The predicted octanol–water partition coefficient (Wildman–Crippen LogP) is 4.36. The summed E-state index contributed by atoms with van der Waals surface area (Å²) in [6.07, 6.45) is 8.34. The SMILES string of the molecule is Cl.Cl.ClC1C(=Cc2cncc(Br)c2)N2CCC1CC2. The van der Waals surface area contributed by atoms with Gasteiger partial charge in [-0.15, -0.1) is 36.4 Å². The predicted molar refractivity (Wildman–Crippen MR) is 88.3 cm³/mol. The van der Waals surface area contributed by atoms with Crippen molar-refractivity contribution in [1.82, 2.24) is 9.88 Å². The van der Waals surface area contributed by atoms with Gasteiger partial charge in [0.25, 0.3) is 0 Å². The van der Waals surface area contributed by atoms with Crippen LogP contribution in [0.5, 0.6) is 0 Å². The summed E-state index contributed by atoms with van der Waals surface area (Å²) in [5, 5.41) is 0.177. The fourth-order valence-corrected chi connectivity index (χ4v) is 3.55. The van der Waals surface area contributed by atoms with E-state index in [9.17, 15) is 0 Å². The van der Waals surface area contributed by atoms with Gasteiger partial charge in [0, 0.05) is 35.7 Å². The highest BCUT2D eigenvalue weighted by Gasteiger charge is 2.36. The molecule has 2 nitrogen and oxygen atoms in total. The lowest BCUT2D eigenvalue weighted by Gasteiger charge is -2.45. The highest BCUT2D eigenvalue weighted by atomic mass is 79.9. The Morgan fingerprint density at radius 2 is 1.95 bits per heavy atom. The van der Waals surface area contributed by atoms with Gasteiger partial charge in [-0.2, -0.15) is 0 Å². The molecule has 0 aliphatic carbocycles. The number of allylic oxidation sites excluding steroid dienone is 1. The van der Waals surface area contributed by atoms with Crippen LogP contribution in [0.1, 0.15) is 18.4 Å². The molecular formula is C13H16BrCl3N2. The van der Waals surface area contributed by atoms with Crippen molar-refractivity contribution in [2.45, 2.75) is 18.2 Å². The van der Waals surface area contributed by atoms with E-state index in [0.717, 1.165) is 23.1 Å². The number of alkyl halides is 1. The van der Waals surface area contributed by atoms with E-state index < -0.39 is 0 Å².